The molecule has 0 aliphatic rings. The van der Waals surface area contributed by atoms with E-state index in [0.29, 0.717) is 18.7 Å². The maximum atomic E-state index is 12.1. The number of phenolic OH excluding ortho intramolecular Hbond substituents is 1. The van der Waals surface area contributed by atoms with Crippen molar-refractivity contribution in [3.63, 3.8) is 0 Å². The fourth-order valence-corrected chi connectivity index (χ4v) is 3.24. The topological polar surface area (TPSA) is 110 Å². The number of sulfonamides is 1. The van der Waals surface area contributed by atoms with Gasteiger partial charge in [-0.1, -0.05) is 0 Å². The highest BCUT2D eigenvalue weighted by Crippen LogP contribution is 2.34. The number of halogens is 1. The Bertz CT molecular complexity index is 792. The van der Waals surface area contributed by atoms with Crippen LogP contribution in [0.5, 0.6) is 11.5 Å². The molecule has 1 aromatic carbocycles. The molecule has 0 bridgehead atoms. The van der Waals surface area contributed by atoms with Crippen LogP contribution in [0.2, 0.25) is 0 Å². The van der Waals surface area contributed by atoms with Gasteiger partial charge in [0.15, 0.2) is 0 Å². The number of phenols is 1. The highest BCUT2D eigenvalue weighted by Gasteiger charge is 2.16. The summed E-state index contributed by atoms with van der Waals surface area (Å²) in [5, 5.41) is 9.81. The van der Waals surface area contributed by atoms with Gasteiger partial charge in [-0.2, -0.15) is 0 Å². The molecule has 8 nitrogen and oxygen atoms in total. The van der Waals surface area contributed by atoms with Crippen molar-refractivity contribution in [2.75, 3.05) is 23.3 Å². The lowest BCUT2D eigenvalue weighted by molar-refractivity contribution is -0.671. The molecular formula is C14H21ClN4O4S. The van der Waals surface area contributed by atoms with E-state index >= 15 is 0 Å². The summed E-state index contributed by atoms with van der Waals surface area (Å²) in [4.78, 5) is 0. The molecule has 1 heterocycles. The summed E-state index contributed by atoms with van der Waals surface area (Å²) in [6.07, 6.45) is 6.07. The van der Waals surface area contributed by atoms with Crippen LogP contribution in [0.1, 0.15) is 6.42 Å². The molecule has 134 valence electrons. The second kappa shape index (κ2) is 8.11. The largest absolute Gasteiger partial charge is 1.00 e. The molecule has 0 unspecified atom stereocenters. The Morgan fingerprint density at radius 2 is 2.12 bits per heavy atom. The van der Waals surface area contributed by atoms with Crippen LogP contribution in [0.3, 0.4) is 0 Å². The van der Waals surface area contributed by atoms with E-state index in [4.69, 9.17) is 10.5 Å². The zero-order chi connectivity index (χ0) is 17.0. The van der Waals surface area contributed by atoms with Gasteiger partial charge in [0.2, 0.25) is 16.4 Å². The Balaban J connectivity index is 0.00000288. The first kappa shape index (κ1) is 19.9. The van der Waals surface area contributed by atoms with Crippen LogP contribution >= 0.6 is 0 Å². The number of nitrogens with two attached hydrogens (primary N) is 1. The minimum atomic E-state index is -3.58. The Hall–Kier alpha value is -2.13. The Morgan fingerprint density at radius 3 is 2.71 bits per heavy atom. The smallest absolute Gasteiger partial charge is 0.243 e. The van der Waals surface area contributed by atoms with E-state index in [2.05, 4.69) is 4.72 Å². The normalized spacial score (nSPS) is 10.9. The summed E-state index contributed by atoms with van der Waals surface area (Å²) in [6, 6.07) is 2.60. The predicted molar refractivity (Wildman–Crippen MR) is 86.7 cm³/mol. The minimum Gasteiger partial charge on any atom is -1.00 e. The monoisotopic (exact) mass is 376 g/mol. The number of aryl methyl sites for hydroxylation is 2. The molecule has 0 atom stereocenters. The number of anilines is 2. The third kappa shape index (κ3) is 5.20. The minimum absolute atomic E-state index is 0. The predicted octanol–water partition coefficient (Wildman–Crippen LogP) is -2.55. The van der Waals surface area contributed by atoms with E-state index in [1.165, 1.54) is 19.2 Å². The molecule has 10 heteroatoms. The molecule has 0 spiro atoms. The SMILES string of the molecule is COc1cc(NS(=O)(=O)CCCn2cc[n+](C)c2)c(O)cc1N.[Cl-]. The van der Waals surface area contributed by atoms with Crippen molar-refractivity contribution in [1.82, 2.24) is 4.57 Å². The first-order valence-electron chi connectivity index (χ1n) is 6.99. The first-order valence-corrected chi connectivity index (χ1v) is 8.64. The molecular weight excluding hydrogens is 356 g/mol. The van der Waals surface area contributed by atoms with Crippen LogP contribution in [0.4, 0.5) is 11.4 Å². The number of hydrogen-bond acceptors (Lipinski definition) is 5. The zero-order valence-corrected chi connectivity index (χ0v) is 15.0. The van der Waals surface area contributed by atoms with Crippen LogP contribution in [0, 0.1) is 0 Å². The van der Waals surface area contributed by atoms with E-state index in [0.717, 1.165) is 0 Å². The molecule has 0 fully saturated rings. The lowest BCUT2D eigenvalue weighted by atomic mass is 10.2. The fourth-order valence-electron chi connectivity index (χ4n) is 2.13. The van der Waals surface area contributed by atoms with Crippen LogP contribution in [-0.2, 0) is 23.6 Å². The van der Waals surface area contributed by atoms with E-state index in [-0.39, 0.29) is 35.3 Å². The number of rotatable bonds is 7. The van der Waals surface area contributed by atoms with E-state index in [1.54, 1.807) is 0 Å². The zero-order valence-electron chi connectivity index (χ0n) is 13.4. The number of nitrogen functional groups attached to an aromatic ring is 1. The summed E-state index contributed by atoms with van der Waals surface area (Å²) in [6.45, 7) is 0.582. The van der Waals surface area contributed by atoms with Crippen molar-refractivity contribution in [2.24, 2.45) is 7.05 Å². The Morgan fingerprint density at radius 1 is 1.42 bits per heavy atom. The van der Waals surface area contributed by atoms with Gasteiger partial charge in [0, 0.05) is 18.6 Å². The average Bonchev–Trinajstić information content (AvgIpc) is 2.87. The number of benzene rings is 1. The van der Waals surface area contributed by atoms with Gasteiger partial charge in [-0.15, -0.1) is 0 Å². The highest BCUT2D eigenvalue weighted by atomic mass is 35.5. The standard InChI is InChI=1S/C14H20N4O4S.ClH/c1-17-5-6-18(10-17)4-3-7-23(20,21)16-12-9-14(22-2)11(15)8-13(12)19;/h5-6,8-10,16H,3-4,7,15H2,1-2H3;1H. The van der Waals surface area contributed by atoms with Gasteiger partial charge in [0.25, 0.3) is 0 Å². The summed E-state index contributed by atoms with van der Waals surface area (Å²) >= 11 is 0. The number of ether oxygens (including phenoxy) is 1. The second-order valence-corrected chi connectivity index (χ2v) is 7.04. The van der Waals surface area contributed by atoms with Gasteiger partial charge in [-0.05, 0) is 0 Å². The molecule has 0 saturated heterocycles. The van der Waals surface area contributed by atoms with Crippen molar-refractivity contribution in [1.29, 1.82) is 0 Å². The maximum absolute atomic E-state index is 12.1. The third-order valence-corrected chi connectivity index (χ3v) is 4.62. The van der Waals surface area contributed by atoms with Crippen molar-refractivity contribution < 1.29 is 35.2 Å². The number of aromatic nitrogens is 2. The fraction of sp³-hybridized carbons (Fsp3) is 0.357. The Labute approximate surface area is 147 Å². The van der Waals surface area contributed by atoms with E-state index in [1.807, 2.05) is 34.9 Å². The number of nitrogens with zero attached hydrogens (tertiary/aromatic N) is 2. The quantitative estimate of drug-likeness (QED) is 0.280. The molecule has 0 amide bonds. The van der Waals surface area contributed by atoms with Gasteiger partial charge < -0.3 is 28.0 Å². The molecule has 4 N–H and O–H groups in total. The first-order chi connectivity index (χ1) is 10.8. The number of imidazole rings is 1. The van der Waals surface area contributed by atoms with Crippen molar-refractivity contribution in [3.8, 4) is 11.5 Å². The van der Waals surface area contributed by atoms with Crippen LogP contribution < -0.4 is 32.2 Å². The van der Waals surface area contributed by atoms with Crippen LogP contribution in [0.25, 0.3) is 0 Å². The van der Waals surface area contributed by atoms with Crippen molar-refractivity contribution >= 4 is 21.4 Å². The molecule has 1 aromatic heterocycles. The number of methoxy groups -OCH3 is 1. The maximum Gasteiger partial charge on any atom is 0.243 e. The molecule has 0 saturated carbocycles. The number of aromatic hydroxyl groups is 1. The molecule has 0 aliphatic carbocycles. The van der Waals surface area contributed by atoms with Crippen molar-refractivity contribution in [3.05, 3.63) is 30.9 Å². The summed E-state index contributed by atoms with van der Waals surface area (Å²) in [5.74, 6) is -0.0225. The van der Waals surface area contributed by atoms with Gasteiger partial charge in [-0.25, -0.2) is 17.6 Å². The lowest BCUT2D eigenvalue weighted by Gasteiger charge is -2.12. The number of nitrogens with one attached hydrogen (secondary N) is 1. The summed E-state index contributed by atoms with van der Waals surface area (Å²) < 4.78 is 35.4. The number of hydrogen-bond donors (Lipinski definition) is 3. The summed E-state index contributed by atoms with van der Waals surface area (Å²) in [5.41, 5.74) is 5.92. The van der Waals surface area contributed by atoms with Gasteiger partial charge in [0.05, 0.1) is 37.8 Å². The van der Waals surface area contributed by atoms with Gasteiger partial charge in [0.1, 0.15) is 23.9 Å². The van der Waals surface area contributed by atoms with E-state index < -0.39 is 10.0 Å². The molecule has 0 aliphatic heterocycles. The molecule has 2 aromatic rings. The summed E-state index contributed by atoms with van der Waals surface area (Å²) in [7, 11) is -0.275. The third-order valence-electron chi connectivity index (χ3n) is 3.27. The van der Waals surface area contributed by atoms with Gasteiger partial charge >= 0.3 is 0 Å². The lowest BCUT2D eigenvalue weighted by Crippen LogP contribution is -3.00. The molecule has 2 rings (SSSR count). The molecule has 24 heavy (non-hydrogen) atoms. The van der Waals surface area contributed by atoms with Crippen molar-refractivity contribution in [2.45, 2.75) is 13.0 Å². The second-order valence-electron chi connectivity index (χ2n) is 5.20. The Kier molecular flexibility index (Phi) is 6.73. The van der Waals surface area contributed by atoms with E-state index in [9.17, 15) is 13.5 Å². The van der Waals surface area contributed by atoms with Crippen LogP contribution in [0.15, 0.2) is 30.9 Å². The molecule has 0 radical (unpaired) electrons. The van der Waals surface area contributed by atoms with Crippen LogP contribution in [-0.4, -0.2) is 31.0 Å². The van der Waals surface area contributed by atoms with Gasteiger partial charge in [-0.3, -0.25) is 4.72 Å². The average molecular weight is 377 g/mol. The highest BCUT2D eigenvalue weighted by molar-refractivity contribution is 7.92.